The van der Waals surface area contributed by atoms with Crippen LogP contribution < -0.4 is 0 Å². The van der Waals surface area contributed by atoms with Crippen LogP contribution in [0, 0.1) is 6.92 Å². The summed E-state index contributed by atoms with van der Waals surface area (Å²) in [5.74, 6) is 0.575. The predicted molar refractivity (Wildman–Crippen MR) is 67.4 cm³/mol. The van der Waals surface area contributed by atoms with Gasteiger partial charge in [0.05, 0.1) is 17.1 Å². The highest BCUT2D eigenvalue weighted by molar-refractivity contribution is 7.09. The van der Waals surface area contributed by atoms with Crippen LogP contribution in [0.15, 0.2) is 17.8 Å². The summed E-state index contributed by atoms with van der Waals surface area (Å²) in [6.45, 7) is 4.85. The number of carbonyl (C=O) groups is 1. The van der Waals surface area contributed by atoms with Crippen molar-refractivity contribution in [3.63, 3.8) is 0 Å². The van der Waals surface area contributed by atoms with E-state index in [9.17, 15) is 4.79 Å². The molecule has 0 spiro atoms. The Balaban J connectivity index is 2.11. The first-order valence-electron chi connectivity index (χ1n) is 5.66. The third kappa shape index (κ3) is 2.79. The number of Topliss-reactive ketones (excluding diaryl/α,β-unsaturated/α-hetero) is 1. The molecule has 2 heterocycles. The molecule has 90 valence electrons. The molecule has 2 aromatic rings. The molecule has 0 aliphatic rings. The van der Waals surface area contributed by atoms with Gasteiger partial charge in [-0.1, -0.05) is 6.92 Å². The van der Waals surface area contributed by atoms with Gasteiger partial charge in [-0.2, -0.15) is 0 Å². The van der Waals surface area contributed by atoms with Crippen molar-refractivity contribution < 1.29 is 4.79 Å². The lowest BCUT2D eigenvalue weighted by atomic mass is 10.2. The molecule has 0 aliphatic carbocycles. The molecule has 0 aromatic carbocycles. The van der Waals surface area contributed by atoms with Crippen LogP contribution in [-0.2, 0) is 13.0 Å². The maximum absolute atomic E-state index is 12.1. The van der Waals surface area contributed by atoms with E-state index in [1.165, 1.54) is 0 Å². The number of rotatable bonds is 5. The van der Waals surface area contributed by atoms with Crippen molar-refractivity contribution in [3.8, 4) is 0 Å². The number of carbonyl (C=O) groups excluding carboxylic acids is 1. The molecule has 0 unspecified atom stereocenters. The van der Waals surface area contributed by atoms with Crippen molar-refractivity contribution in [3.05, 3.63) is 34.3 Å². The first-order chi connectivity index (χ1) is 8.20. The fourth-order valence-corrected chi connectivity index (χ4v) is 2.33. The van der Waals surface area contributed by atoms with Crippen molar-refractivity contribution in [2.45, 2.75) is 33.2 Å². The lowest BCUT2D eigenvalue weighted by Gasteiger charge is -2.04. The lowest BCUT2D eigenvalue weighted by molar-refractivity contribution is 0.0978. The van der Waals surface area contributed by atoms with E-state index in [1.807, 2.05) is 23.1 Å². The van der Waals surface area contributed by atoms with Crippen LogP contribution in [0.5, 0.6) is 0 Å². The van der Waals surface area contributed by atoms with E-state index in [0.717, 1.165) is 23.7 Å². The van der Waals surface area contributed by atoms with Gasteiger partial charge in [0, 0.05) is 24.3 Å². The average Bonchev–Trinajstić information content (AvgIpc) is 2.88. The van der Waals surface area contributed by atoms with Crippen LogP contribution in [0.2, 0.25) is 0 Å². The Bertz CT molecular complexity index is 515. The third-order valence-corrected chi connectivity index (χ3v) is 3.26. The monoisotopic (exact) mass is 249 g/mol. The second-order valence-electron chi connectivity index (χ2n) is 3.90. The summed E-state index contributed by atoms with van der Waals surface area (Å²) in [4.78, 5) is 20.5. The highest BCUT2D eigenvalue weighted by atomic mass is 32.1. The van der Waals surface area contributed by atoms with E-state index < -0.39 is 0 Å². The molecule has 0 fully saturated rings. The fourth-order valence-electron chi connectivity index (χ4n) is 1.72. The standard InChI is InChI=1S/C12H15N3OS/c1-3-5-15-6-4-13-12(15)11(16)7-10-8-17-9(2)14-10/h4,6,8H,3,5,7H2,1-2H3. The molecule has 2 aromatic heterocycles. The molecule has 0 atom stereocenters. The lowest BCUT2D eigenvalue weighted by Crippen LogP contribution is -2.12. The number of nitrogens with zero attached hydrogens (tertiary/aromatic N) is 3. The van der Waals surface area contributed by atoms with E-state index in [0.29, 0.717) is 12.2 Å². The minimum atomic E-state index is 0.0359. The summed E-state index contributed by atoms with van der Waals surface area (Å²) in [5.41, 5.74) is 0.837. The number of hydrogen-bond acceptors (Lipinski definition) is 4. The van der Waals surface area contributed by atoms with Gasteiger partial charge in [-0.3, -0.25) is 4.79 Å². The Morgan fingerprint density at radius 1 is 1.53 bits per heavy atom. The van der Waals surface area contributed by atoms with Crippen molar-refractivity contribution in [2.24, 2.45) is 0 Å². The van der Waals surface area contributed by atoms with Crippen LogP contribution in [-0.4, -0.2) is 20.3 Å². The predicted octanol–water partition coefficient (Wildman–Crippen LogP) is 2.48. The van der Waals surface area contributed by atoms with E-state index in [2.05, 4.69) is 16.9 Å². The van der Waals surface area contributed by atoms with Gasteiger partial charge in [0.1, 0.15) is 0 Å². The molecule has 2 rings (SSSR count). The van der Waals surface area contributed by atoms with Gasteiger partial charge in [0.2, 0.25) is 5.78 Å². The minimum absolute atomic E-state index is 0.0359. The van der Waals surface area contributed by atoms with Crippen molar-refractivity contribution in [2.75, 3.05) is 0 Å². The van der Waals surface area contributed by atoms with Gasteiger partial charge in [-0.05, 0) is 13.3 Å². The molecule has 0 saturated carbocycles. The average molecular weight is 249 g/mol. The first-order valence-corrected chi connectivity index (χ1v) is 6.54. The van der Waals surface area contributed by atoms with Crippen molar-refractivity contribution in [1.29, 1.82) is 0 Å². The van der Waals surface area contributed by atoms with Crippen LogP contribution in [0.4, 0.5) is 0 Å². The molecule has 0 N–H and O–H groups in total. The maximum atomic E-state index is 12.1. The van der Waals surface area contributed by atoms with E-state index >= 15 is 0 Å². The number of thiazole rings is 1. The van der Waals surface area contributed by atoms with Gasteiger partial charge in [0.15, 0.2) is 5.82 Å². The molecule has 17 heavy (non-hydrogen) atoms. The maximum Gasteiger partial charge on any atom is 0.204 e. The van der Waals surface area contributed by atoms with Crippen LogP contribution in [0.25, 0.3) is 0 Å². The zero-order valence-corrected chi connectivity index (χ0v) is 10.8. The molecular weight excluding hydrogens is 234 g/mol. The zero-order chi connectivity index (χ0) is 12.3. The second-order valence-corrected chi connectivity index (χ2v) is 4.96. The van der Waals surface area contributed by atoms with Crippen molar-refractivity contribution >= 4 is 17.1 Å². The van der Waals surface area contributed by atoms with Crippen molar-refractivity contribution in [1.82, 2.24) is 14.5 Å². The summed E-state index contributed by atoms with van der Waals surface area (Å²) >= 11 is 1.57. The summed E-state index contributed by atoms with van der Waals surface area (Å²) in [6.07, 6.45) is 4.86. The zero-order valence-electron chi connectivity index (χ0n) is 10.0. The quantitative estimate of drug-likeness (QED) is 0.765. The SMILES string of the molecule is CCCn1ccnc1C(=O)Cc1csc(C)n1. The highest BCUT2D eigenvalue weighted by Crippen LogP contribution is 2.11. The van der Waals surface area contributed by atoms with Crippen LogP contribution in [0.1, 0.15) is 34.7 Å². The van der Waals surface area contributed by atoms with Gasteiger partial charge >= 0.3 is 0 Å². The number of aryl methyl sites for hydroxylation is 2. The van der Waals surface area contributed by atoms with Crippen LogP contribution >= 0.6 is 11.3 Å². The normalized spacial score (nSPS) is 10.7. The third-order valence-electron chi connectivity index (χ3n) is 2.44. The molecule has 0 aliphatic heterocycles. The number of ketones is 1. The van der Waals surface area contributed by atoms with E-state index in [4.69, 9.17) is 0 Å². The summed E-state index contributed by atoms with van der Waals surface area (Å²) < 4.78 is 1.90. The first kappa shape index (κ1) is 12.0. The molecule has 5 heteroatoms. The topological polar surface area (TPSA) is 47.8 Å². The van der Waals surface area contributed by atoms with Gasteiger partial charge in [-0.25, -0.2) is 9.97 Å². The molecule has 0 amide bonds. The Morgan fingerprint density at radius 3 is 3.00 bits per heavy atom. The fraction of sp³-hybridized carbons (Fsp3) is 0.417. The molecule has 4 nitrogen and oxygen atoms in total. The smallest absolute Gasteiger partial charge is 0.204 e. The number of aromatic nitrogens is 3. The summed E-state index contributed by atoms with van der Waals surface area (Å²) in [7, 11) is 0. The molecule has 0 bridgehead atoms. The Labute approximate surface area is 104 Å². The minimum Gasteiger partial charge on any atom is -0.329 e. The number of hydrogen-bond donors (Lipinski definition) is 0. The van der Waals surface area contributed by atoms with Gasteiger partial charge in [0.25, 0.3) is 0 Å². The Hall–Kier alpha value is -1.49. The van der Waals surface area contributed by atoms with E-state index in [1.54, 1.807) is 17.5 Å². The molecule has 0 radical (unpaired) electrons. The Morgan fingerprint density at radius 2 is 2.35 bits per heavy atom. The summed E-state index contributed by atoms with van der Waals surface area (Å²) in [6, 6.07) is 0. The Kier molecular flexibility index (Phi) is 3.68. The largest absolute Gasteiger partial charge is 0.329 e. The van der Waals surface area contributed by atoms with Crippen LogP contribution in [0.3, 0.4) is 0 Å². The summed E-state index contributed by atoms with van der Waals surface area (Å²) in [5, 5.41) is 2.92. The van der Waals surface area contributed by atoms with Gasteiger partial charge < -0.3 is 4.57 Å². The van der Waals surface area contributed by atoms with Gasteiger partial charge in [-0.15, -0.1) is 11.3 Å². The van der Waals surface area contributed by atoms with E-state index in [-0.39, 0.29) is 5.78 Å². The molecule has 0 saturated heterocycles. The highest BCUT2D eigenvalue weighted by Gasteiger charge is 2.14. The second kappa shape index (κ2) is 5.23. The molecular formula is C12H15N3OS. The number of imidazole rings is 1.